The van der Waals surface area contributed by atoms with Crippen LogP contribution in [0.2, 0.25) is 0 Å². The number of aliphatic hydroxyl groups is 3. The summed E-state index contributed by atoms with van der Waals surface area (Å²) in [6, 6.07) is -3.11. The topological polar surface area (TPSA) is 205 Å². The van der Waals surface area contributed by atoms with Crippen LogP contribution in [0.3, 0.4) is 0 Å². The van der Waals surface area contributed by atoms with Crippen LogP contribution < -0.4 is 16.8 Å². The maximum atomic E-state index is 11.6. The zero-order chi connectivity index (χ0) is 17.9. The second-order valence-corrected chi connectivity index (χ2v) is 5.32. The summed E-state index contributed by atoms with van der Waals surface area (Å²) >= 11 is 0. The summed E-state index contributed by atoms with van der Waals surface area (Å²) in [5.41, 5.74) is 10.6. The van der Waals surface area contributed by atoms with Crippen LogP contribution in [0.25, 0.3) is 0 Å². The molecular weight excluding hydrogens is 314 g/mol. The van der Waals surface area contributed by atoms with Gasteiger partial charge in [0.2, 0.25) is 11.8 Å². The number of nitrogens with one attached hydrogen (secondary N) is 1. The number of amides is 2. The summed E-state index contributed by atoms with van der Waals surface area (Å²) in [4.78, 5) is 34.0. The van der Waals surface area contributed by atoms with Gasteiger partial charge in [-0.2, -0.15) is 0 Å². The van der Waals surface area contributed by atoms with E-state index in [0.29, 0.717) is 0 Å². The Morgan fingerprint density at radius 2 is 1.83 bits per heavy atom. The summed E-state index contributed by atoms with van der Waals surface area (Å²) in [6.07, 6.45) is -5.94. The third kappa shape index (κ3) is 4.14. The first-order valence-electron chi connectivity index (χ1n) is 6.79. The van der Waals surface area contributed by atoms with Crippen LogP contribution in [0.4, 0.5) is 0 Å². The monoisotopic (exact) mass is 335 g/mol. The molecule has 1 saturated heterocycles. The van der Waals surface area contributed by atoms with Gasteiger partial charge in [0.05, 0.1) is 24.7 Å². The Kier molecular flexibility index (Phi) is 6.41. The number of aliphatic hydroxyl groups excluding tert-OH is 3. The molecule has 7 atom stereocenters. The summed E-state index contributed by atoms with van der Waals surface area (Å²) in [6.45, 7) is 0.403. The standard InChI is InChI=1S/C12H21N3O8/c1-3(17)15-7-9(19)8(18)4(2-16)23-10(7)5(11(14)20)6(13)12(21)22/h4-10,16,18-19H,2,13H2,1H3,(H2,14,20)(H,15,17)(H,21,22)/t4-,5?,6+,7-,8-,9-,10?/m1/s1. The molecule has 0 aliphatic carbocycles. The Balaban J connectivity index is 3.24. The maximum Gasteiger partial charge on any atom is 0.321 e. The molecule has 132 valence electrons. The second kappa shape index (κ2) is 7.66. The first-order chi connectivity index (χ1) is 10.6. The Morgan fingerprint density at radius 3 is 2.22 bits per heavy atom. The summed E-state index contributed by atoms with van der Waals surface area (Å²) in [7, 11) is 0. The zero-order valence-electron chi connectivity index (χ0n) is 12.3. The highest BCUT2D eigenvalue weighted by Crippen LogP contribution is 2.27. The number of aliphatic carboxylic acids is 1. The summed E-state index contributed by atoms with van der Waals surface area (Å²) in [5.74, 6) is -4.90. The highest BCUT2D eigenvalue weighted by atomic mass is 16.5. The number of ether oxygens (including phenoxy) is 1. The molecular formula is C12H21N3O8. The molecule has 2 amide bonds. The van der Waals surface area contributed by atoms with Crippen molar-refractivity contribution in [2.24, 2.45) is 17.4 Å². The number of primary amides is 1. The lowest BCUT2D eigenvalue weighted by Crippen LogP contribution is -2.68. The van der Waals surface area contributed by atoms with Crippen molar-refractivity contribution in [3.8, 4) is 0 Å². The molecule has 0 spiro atoms. The van der Waals surface area contributed by atoms with E-state index in [0.717, 1.165) is 6.92 Å². The normalized spacial score (nSPS) is 33.5. The fourth-order valence-electron chi connectivity index (χ4n) is 2.55. The molecule has 23 heavy (non-hydrogen) atoms. The fourth-order valence-corrected chi connectivity index (χ4v) is 2.55. The minimum absolute atomic E-state index is 0.621. The molecule has 0 aromatic rings. The molecule has 2 unspecified atom stereocenters. The molecule has 1 rings (SSSR count). The SMILES string of the molecule is CC(=O)N[C@H]1C(C(C(N)=O)[C@H](N)C(=O)O)O[C@H](CO)[C@@H](O)[C@@H]1O. The number of nitrogens with two attached hydrogens (primary N) is 2. The molecule has 9 N–H and O–H groups in total. The molecule has 1 fully saturated rings. The van der Waals surface area contributed by atoms with Gasteiger partial charge < -0.3 is 41.9 Å². The van der Waals surface area contributed by atoms with Crippen LogP contribution in [0, 0.1) is 5.92 Å². The van der Waals surface area contributed by atoms with Crippen LogP contribution in [0.15, 0.2) is 0 Å². The van der Waals surface area contributed by atoms with Crippen LogP contribution in [-0.2, 0) is 19.1 Å². The lowest BCUT2D eigenvalue weighted by Gasteiger charge is -2.45. The Hall–Kier alpha value is -1.79. The molecule has 11 heteroatoms. The second-order valence-electron chi connectivity index (χ2n) is 5.32. The first-order valence-corrected chi connectivity index (χ1v) is 6.79. The molecule has 0 radical (unpaired) electrons. The first kappa shape index (κ1) is 19.3. The third-order valence-electron chi connectivity index (χ3n) is 3.69. The Morgan fingerprint density at radius 1 is 1.26 bits per heavy atom. The lowest BCUT2D eigenvalue weighted by atomic mass is 9.82. The van der Waals surface area contributed by atoms with Crippen molar-refractivity contribution in [1.29, 1.82) is 0 Å². The molecule has 1 heterocycles. The van der Waals surface area contributed by atoms with Gasteiger partial charge in [0.1, 0.15) is 24.4 Å². The van der Waals surface area contributed by atoms with Crippen molar-refractivity contribution in [3.63, 3.8) is 0 Å². The van der Waals surface area contributed by atoms with Crippen LogP contribution in [0.5, 0.6) is 0 Å². The van der Waals surface area contributed by atoms with E-state index in [4.69, 9.17) is 21.3 Å². The highest BCUT2D eigenvalue weighted by Gasteiger charge is 2.51. The molecule has 1 aliphatic heterocycles. The van der Waals surface area contributed by atoms with Crippen molar-refractivity contribution in [2.45, 2.75) is 43.4 Å². The molecule has 0 bridgehead atoms. The minimum atomic E-state index is -1.77. The van der Waals surface area contributed by atoms with Gasteiger partial charge in [-0.25, -0.2) is 0 Å². The summed E-state index contributed by atoms with van der Waals surface area (Å²) in [5, 5.41) is 40.4. The van der Waals surface area contributed by atoms with Gasteiger partial charge in [0.15, 0.2) is 0 Å². The van der Waals surface area contributed by atoms with Crippen LogP contribution in [0.1, 0.15) is 6.92 Å². The van der Waals surface area contributed by atoms with Gasteiger partial charge in [-0.3, -0.25) is 14.4 Å². The molecule has 0 aromatic heterocycles. The fraction of sp³-hybridized carbons (Fsp3) is 0.750. The lowest BCUT2D eigenvalue weighted by molar-refractivity contribution is -0.209. The minimum Gasteiger partial charge on any atom is -0.480 e. The zero-order valence-corrected chi connectivity index (χ0v) is 12.3. The van der Waals surface area contributed by atoms with Crippen molar-refractivity contribution in [1.82, 2.24) is 5.32 Å². The average Bonchev–Trinajstić information content (AvgIpc) is 2.45. The van der Waals surface area contributed by atoms with Crippen molar-refractivity contribution in [3.05, 3.63) is 0 Å². The number of carbonyl (C=O) groups excluding carboxylic acids is 2. The number of carboxylic acid groups (broad SMARTS) is 1. The molecule has 0 aromatic carbocycles. The van der Waals surface area contributed by atoms with E-state index in [1.54, 1.807) is 0 Å². The van der Waals surface area contributed by atoms with Crippen molar-refractivity contribution in [2.75, 3.05) is 6.61 Å². The van der Waals surface area contributed by atoms with Gasteiger partial charge in [0.25, 0.3) is 0 Å². The third-order valence-corrected chi connectivity index (χ3v) is 3.69. The Labute approximate surface area is 131 Å². The molecule has 1 aliphatic rings. The number of hydrogen-bond donors (Lipinski definition) is 7. The van der Waals surface area contributed by atoms with E-state index >= 15 is 0 Å². The van der Waals surface area contributed by atoms with Crippen LogP contribution in [-0.4, -0.2) is 81.3 Å². The van der Waals surface area contributed by atoms with Crippen molar-refractivity contribution < 1.29 is 39.5 Å². The maximum absolute atomic E-state index is 11.6. The number of carbonyl (C=O) groups is 3. The van der Waals surface area contributed by atoms with Gasteiger partial charge in [-0.15, -0.1) is 0 Å². The average molecular weight is 335 g/mol. The Bertz CT molecular complexity index is 473. The number of rotatable bonds is 6. The van der Waals surface area contributed by atoms with Gasteiger partial charge >= 0.3 is 5.97 Å². The largest absolute Gasteiger partial charge is 0.480 e. The highest BCUT2D eigenvalue weighted by molar-refractivity contribution is 5.86. The number of carboxylic acids is 1. The van der Waals surface area contributed by atoms with E-state index in [-0.39, 0.29) is 0 Å². The molecule has 0 saturated carbocycles. The van der Waals surface area contributed by atoms with E-state index in [1.807, 2.05) is 0 Å². The number of hydrogen-bond acceptors (Lipinski definition) is 8. The summed E-state index contributed by atoms with van der Waals surface area (Å²) < 4.78 is 5.31. The molecule has 11 nitrogen and oxygen atoms in total. The van der Waals surface area contributed by atoms with Gasteiger partial charge in [-0.1, -0.05) is 0 Å². The van der Waals surface area contributed by atoms with E-state index in [1.165, 1.54) is 0 Å². The van der Waals surface area contributed by atoms with Crippen molar-refractivity contribution >= 4 is 17.8 Å². The predicted octanol–water partition coefficient (Wildman–Crippen LogP) is -4.51. The van der Waals surface area contributed by atoms with E-state index in [9.17, 15) is 29.7 Å². The predicted molar refractivity (Wildman–Crippen MR) is 73.7 cm³/mol. The van der Waals surface area contributed by atoms with E-state index < -0.39 is 66.8 Å². The quantitative estimate of drug-likeness (QED) is 0.249. The van der Waals surface area contributed by atoms with Gasteiger partial charge in [-0.05, 0) is 0 Å². The van der Waals surface area contributed by atoms with Gasteiger partial charge in [0, 0.05) is 6.92 Å². The smallest absolute Gasteiger partial charge is 0.321 e. The van der Waals surface area contributed by atoms with E-state index in [2.05, 4.69) is 5.32 Å². The van der Waals surface area contributed by atoms with Crippen LogP contribution >= 0.6 is 0 Å².